The molecule has 0 aliphatic carbocycles. The van der Waals surface area contributed by atoms with Crippen LogP contribution in [0, 0.1) is 27.7 Å². The zero-order valence-electron chi connectivity index (χ0n) is 19.8. The molecule has 0 radical (unpaired) electrons. The standard InChI is InChI=1S/C25H33N3O4S/c1-17-11-12-18(2)22(16-17)33(31,32)28-15-6-5-10-21(28)13-14-26-24(29)25(30)27-23-19(3)8-7-9-20(23)4/h7-9,11-12,16,21H,5-6,10,13-15H2,1-4H3,(H,26,29)(H,27,30)/t21-/m1/s1. The number of carbonyl (C=O) groups excluding carboxylic acids is 2. The largest absolute Gasteiger partial charge is 0.348 e. The number of nitrogens with one attached hydrogen (secondary N) is 2. The number of aryl methyl sites for hydroxylation is 4. The third-order valence-corrected chi connectivity index (χ3v) is 8.29. The number of hydrogen-bond acceptors (Lipinski definition) is 4. The Morgan fingerprint density at radius 1 is 0.970 bits per heavy atom. The molecule has 0 bridgehead atoms. The first-order valence-electron chi connectivity index (χ1n) is 11.4. The number of sulfonamides is 1. The molecule has 0 aromatic heterocycles. The molecule has 1 heterocycles. The van der Waals surface area contributed by atoms with Gasteiger partial charge in [0, 0.05) is 24.8 Å². The fourth-order valence-electron chi connectivity index (χ4n) is 4.30. The van der Waals surface area contributed by atoms with Gasteiger partial charge >= 0.3 is 11.8 Å². The molecule has 1 aliphatic rings. The van der Waals surface area contributed by atoms with Gasteiger partial charge in [-0.05, 0) is 75.3 Å². The van der Waals surface area contributed by atoms with E-state index in [-0.39, 0.29) is 12.6 Å². The Morgan fingerprint density at radius 3 is 2.36 bits per heavy atom. The van der Waals surface area contributed by atoms with Crippen molar-refractivity contribution in [1.29, 1.82) is 0 Å². The predicted octanol–water partition coefficient (Wildman–Crippen LogP) is 3.61. The number of amides is 2. The highest BCUT2D eigenvalue weighted by Crippen LogP contribution is 2.29. The summed E-state index contributed by atoms with van der Waals surface area (Å²) < 4.78 is 28.4. The van der Waals surface area contributed by atoms with Gasteiger partial charge in [-0.2, -0.15) is 4.31 Å². The molecule has 3 rings (SSSR count). The summed E-state index contributed by atoms with van der Waals surface area (Å²) in [5.74, 6) is -1.45. The minimum atomic E-state index is -3.64. The quantitative estimate of drug-likeness (QED) is 0.629. The lowest BCUT2D eigenvalue weighted by Gasteiger charge is -2.35. The van der Waals surface area contributed by atoms with Crippen molar-refractivity contribution in [3.05, 3.63) is 58.7 Å². The number of para-hydroxylation sites is 1. The van der Waals surface area contributed by atoms with Crippen LogP contribution in [0.2, 0.25) is 0 Å². The summed E-state index contributed by atoms with van der Waals surface area (Å²) >= 11 is 0. The molecule has 2 N–H and O–H groups in total. The molecule has 2 amide bonds. The van der Waals surface area contributed by atoms with E-state index in [0.717, 1.165) is 41.5 Å². The highest BCUT2D eigenvalue weighted by Gasteiger charge is 2.34. The molecular formula is C25H33N3O4S. The smallest absolute Gasteiger partial charge is 0.313 e. The third-order valence-electron chi connectivity index (χ3n) is 6.19. The van der Waals surface area contributed by atoms with Crippen LogP contribution in [0.3, 0.4) is 0 Å². The Labute approximate surface area is 196 Å². The molecule has 2 aromatic rings. The normalized spacial score (nSPS) is 16.9. The number of rotatable bonds is 6. The second-order valence-corrected chi connectivity index (χ2v) is 10.7. The number of hydrogen-bond donors (Lipinski definition) is 2. The Morgan fingerprint density at radius 2 is 1.67 bits per heavy atom. The van der Waals surface area contributed by atoms with Crippen molar-refractivity contribution in [2.75, 3.05) is 18.4 Å². The van der Waals surface area contributed by atoms with Crippen molar-refractivity contribution in [2.24, 2.45) is 0 Å². The highest BCUT2D eigenvalue weighted by atomic mass is 32.2. The van der Waals surface area contributed by atoms with Crippen molar-refractivity contribution >= 4 is 27.5 Å². The minimum absolute atomic E-state index is 0.217. The van der Waals surface area contributed by atoms with Gasteiger partial charge in [-0.3, -0.25) is 9.59 Å². The molecule has 7 nitrogen and oxygen atoms in total. The number of anilines is 1. The second kappa shape index (κ2) is 10.5. The summed E-state index contributed by atoms with van der Waals surface area (Å²) in [6.07, 6.45) is 2.93. The fraction of sp³-hybridized carbons (Fsp3) is 0.440. The van der Waals surface area contributed by atoms with Crippen LogP contribution < -0.4 is 10.6 Å². The first-order chi connectivity index (χ1) is 15.6. The van der Waals surface area contributed by atoms with Gasteiger partial charge in [-0.25, -0.2) is 8.42 Å². The Bertz CT molecular complexity index is 1120. The fourth-order valence-corrected chi connectivity index (χ4v) is 6.34. The maximum atomic E-state index is 13.4. The number of piperidine rings is 1. The van der Waals surface area contributed by atoms with Gasteiger partial charge in [-0.1, -0.05) is 36.8 Å². The van der Waals surface area contributed by atoms with E-state index in [4.69, 9.17) is 0 Å². The molecule has 1 atom stereocenters. The molecule has 2 aromatic carbocycles. The average Bonchev–Trinajstić information content (AvgIpc) is 2.78. The lowest BCUT2D eigenvalue weighted by atomic mass is 10.0. The van der Waals surface area contributed by atoms with Crippen LogP contribution in [0.4, 0.5) is 5.69 Å². The lowest BCUT2D eigenvalue weighted by Crippen LogP contribution is -2.46. The SMILES string of the molecule is Cc1ccc(C)c(S(=O)(=O)N2CCCC[C@@H]2CCNC(=O)C(=O)Nc2c(C)cccc2C)c1. The third kappa shape index (κ3) is 5.81. The van der Waals surface area contributed by atoms with Gasteiger partial charge in [0.25, 0.3) is 0 Å². The number of nitrogens with zero attached hydrogens (tertiary/aromatic N) is 1. The Balaban J connectivity index is 1.63. The van der Waals surface area contributed by atoms with Gasteiger partial charge in [0.05, 0.1) is 4.90 Å². The molecule has 1 saturated heterocycles. The van der Waals surface area contributed by atoms with Crippen LogP contribution in [0.15, 0.2) is 41.3 Å². The van der Waals surface area contributed by atoms with Crippen LogP contribution in [-0.4, -0.2) is 43.7 Å². The molecule has 0 unspecified atom stereocenters. The van der Waals surface area contributed by atoms with Gasteiger partial charge in [0.1, 0.15) is 0 Å². The summed E-state index contributed by atoms with van der Waals surface area (Å²) in [7, 11) is -3.64. The second-order valence-electron chi connectivity index (χ2n) is 8.80. The number of carbonyl (C=O) groups is 2. The maximum absolute atomic E-state index is 13.4. The highest BCUT2D eigenvalue weighted by molar-refractivity contribution is 7.89. The van der Waals surface area contributed by atoms with Gasteiger partial charge in [0.15, 0.2) is 0 Å². The van der Waals surface area contributed by atoms with Crippen molar-refractivity contribution in [3.63, 3.8) is 0 Å². The lowest BCUT2D eigenvalue weighted by molar-refractivity contribution is -0.136. The van der Waals surface area contributed by atoms with E-state index < -0.39 is 21.8 Å². The molecule has 1 aliphatic heterocycles. The van der Waals surface area contributed by atoms with Gasteiger partial charge < -0.3 is 10.6 Å². The van der Waals surface area contributed by atoms with Gasteiger partial charge in [0.2, 0.25) is 10.0 Å². The Hall–Kier alpha value is -2.71. The Kier molecular flexibility index (Phi) is 7.92. The molecule has 178 valence electrons. The van der Waals surface area contributed by atoms with Gasteiger partial charge in [-0.15, -0.1) is 0 Å². The van der Waals surface area contributed by atoms with E-state index in [1.54, 1.807) is 17.3 Å². The maximum Gasteiger partial charge on any atom is 0.313 e. The molecular weight excluding hydrogens is 438 g/mol. The van der Waals surface area contributed by atoms with Crippen LogP contribution in [0.1, 0.15) is 47.9 Å². The topological polar surface area (TPSA) is 95.6 Å². The van der Waals surface area contributed by atoms with Crippen molar-refractivity contribution in [1.82, 2.24) is 9.62 Å². The number of benzene rings is 2. The minimum Gasteiger partial charge on any atom is -0.348 e. The molecule has 0 spiro atoms. The van der Waals surface area contributed by atoms with Crippen LogP contribution >= 0.6 is 0 Å². The van der Waals surface area contributed by atoms with Crippen LogP contribution in [0.25, 0.3) is 0 Å². The van der Waals surface area contributed by atoms with Crippen molar-refractivity contribution in [2.45, 2.75) is 64.3 Å². The summed E-state index contributed by atoms with van der Waals surface area (Å²) in [6.45, 7) is 8.11. The average molecular weight is 472 g/mol. The van der Waals surface area contributed by atoms with Crippen LogP contribution in [-0.2, 0) is 19.6 Å². The first kappa shape index (κ1) is 24.9. The van der Waals surface area contributed by atoms with E-state index in [1.807, 2.05) is 51.1 Å². The summed E-state index contributed by atoms with van der Waals surface area (Å²) in [5.41, 5.74) is 4.02. The van der Waals surface area contributed by atoms with Crippen LogP contribution in [0.5, 0.6) is 0 Å². The van der Waals surface area contributed by atoms with E-state index in [9.17, 15) is 18.0 Å². The van der Waals surface area contributed by atoms with Crippen molar-refractivity contribution in [3.8, 4) is 0 Å². The summed E-state index contributed by atoms with van der Waals surface area (Å²) in [6, 6.07) is 10.9. The first-order valence-corrected chi connectivity index (χ1v) is 12.8. The predicted molar refractivity (Wildman–Crippen MR) is 130 cm³/mol. The van der Waals surface area contributed by atoms with E-state index >= 15 is 0 Å². The zero-order valence-corrected chi connectivity index (χ0v) is 20.6. The molecule has 33 heavy (non-hydrogen) atoms. The molecule has 0 saturated carbocycles. The zero-order chi connectivity index (χ0) is 24.2. The molecule has 1 fully saturated rings. The monoisotopic (exact) mass is 471 g/mol. The molecule has 8 heteroatoms. The summed E-state index contributed by atoms with van der Waals surface area (Å²) in [5, 5.41) is 5.32. The van der Waals surface area contributed by atoms with E-state index in [1.165, 1.54) is 0 Å². The van der Waals surface area contributed by atoms with Crippen molar-refractivity contribution < 1.29 is 18.0 Å². The van der Waals surface area contributed by atoms with E-state index in [2.05, 4.69) is 10.6 Å². The summed E-state index contributed by atoms with van der Waals surface area (Å²) in [4.78, 5) is 25.0. The van der Waals surface area contributed by atoms with E-state index in [0.29, 0.717) is 23.5 Å².